The molecule has 18 heavy (non-hydrogen) atoms. The topological polar surface area (TPSA) is 64.9 Å². The van der Waals surface area contributed by atoms with Gasteiger partial charge in [-0.15, -0.1) is 0 Å². The molecule has 2 heterocycles. The Morgan fingerprint density at radius 3 is 2.72 bits per heavy atom. The SMILES string of the molecule is Cc1ccc(-c2nc3ncc(N)cc3o2)cc1C. The van der Waals surface area contributed by atoms with E-state index in [1.54, 1.807) is 12.3 Å². The highest BCUT2D eigenvalue weighted by atomic mass is 16.3. The van der Waals surface area contributed by atoms with Crippen LogP contribution in [-0.4, -0.2) is 9.97 Å². The van der Waals surface area contributed by atoms with Crippen LogP contribution in [0, 0.1) is 13.8 Å². The minimum absolute atomic E-state index is 0.574. The predicted octanol–water partition coefficient (Wildman–Crippen LogP) is 3.09. The third kappa shape index (κ3) is 1.72. The molecule has 0 spiro atoms. The number of fused-ring (bicyclic) bond motifs is 1. The zero-order valence-corrected chi connectivity index (χ0v) is 10.3. The van der Waals surface area contributed by atoms with Crippen molar-refractivity contribution in [1.29, 1.82) is 0 Å². The number of rotatable bonds is 1. The Bertz CT molecular complexity index is 731. The molecule has 0 radical (unpaired) electrons. The standard InChI is InChI=1S/C14H13N3O/c1-8-3-4-10(5-9(8)2)14-17-13-12(18-14)6-11(15)7-16-13/h3-7H,15H2,1-2H3. The van der Waals surface area contributed by atoms with Crippen molar-refractivity contribution in [3.8, 4) is 11.5 Å². The average molecular weight is 239 g/mol. The van der Waals surface area contributed by atoms with E-state index in [2.05, 4.69) is 35.9 Å². The summed E-state index contributed by atoms with van der Waals surface area (Å²) in [4.78, 5) is 8.50. The third-order valence-electron chi connectivity index (χ3n) is 3.02. The van der Waals surface area contributed by atoms with Crippen molar-refractivity contribution in [2.75, 3.05) is 5.73 Å². The van der Waals surface area contributed by atoms with Gasteiger partial charge in [0.05, 0.1) is 11.9 Å². The van der Waals surface area contributed by atoms with Gasteiger partial charge in [-0.05, 0) is 37.1 Å². The minimum Gasteiger partial charge on any atom is -0.434 e. The molecule has 0 saturated carbocycles. The number of nitrogens with zero attached hydrogens (tertiary/aromatic N) is 2. The first-order valence-electron chi connectivity index (χ1n) is 5.73. The summed E-state index contributed by atoms with van der Waals surface area (Å²) < 4.78 is 5.68. The molecule has 0 aliphatic rings. The second kappa shape index (κ2) is 3.84. The number of oxazole rings is 1. The van der Waals surface area contributed by atoms with Gasteiger partial charge in [0.2, 0.25) is 5.89 Å². The number of nitrogens with two attached hydrogens (primary N) is 1. The van der Waals surface area contributed by atoms with Gasteiger partial charge in [0.1, 0.15) is 0 Å². The van der Waals surface area contributed by atoms with Crippen molar-refractivity contribution >= 4 is 16.9 Å². The molecule has 0 amide bonds. The Balaban J connectivity index is 2.16. The minimum atomic E-state index is 0.574. The van der Waals surface area contributed by atoms with E-state index in [4.69, 9.17) is 10.2 Å². The summed E-state index contributed by atoms with van der Waals surface area (Å²) >= 11 is 0. The van der Waals surface area contributed by atoms with Gasteiger partial charge in [0, 0.05) is 11.6 Å². The Hall–Kier alpha value is -2.36. The van der Waals surface area contributed by atoms with Gasteiger partial charge in [-0.25, -0.2) is 4.98 Å². The first kappa shape index (κ1) is 10.8. The lowest BCUT2D eigenvalue weighted by molar-refractivity contribution is 0.620. The number of benzene rings is 1. The number of anilines is 1. The van der Waals surface area contributed by atoms with Gasteiger partial charge in [-0.2, -0.15) is 4.98 Å². The largest absolute Gasteiger partial charge is 0.434 e. The van der Waals surface area contributed by atoms with Crippen molar-refractivity contribution < 1.29 is 4.42 Å². The summed E-state index contributed by atoms with van der Waals surface area (Å²) in [5.74, 6) is 0.575. The van der Waals surface area contributed by atoms with E-state index >= 15 is 0 Å². The molecule has 0 bridgehead atoms. The summed E-state index contributed by atoms with van der Waals surface area (Å²) in [5.41, 5.74) is 10.8. The van der Waals surface area contributed by atoms with Crippen molar-refractivity contribution in [3.05, 3.63) is 41.6 Å². The van der Waals surface area contributed by atoms with E-state index in [9.17, 15) is 0 Å². The second-order valence-corrected chi connectivity index (χ2v) is 4.41. The maximum Gasteiger partial charge on any atom is 0.228 e. The van der Waals surface area contributed by atoms with Gasteiger partial charge in [-0.3, -0.25) is 0 Å². The molecule has 0 fully saturated rings. The predicted molar refractivity (Wildman–Crippen MR) is 71.1 cm³/mol. The molecule has 1 aromatic carbocycles. The molecule has 4 heteroatoms. The number of aromatic nitrogens is 2. The van der Waals surface area contributed by atoms with Gasteiger partial charge < -0.3 is 10.2 Å². The van der Waals surface area contributed by atoms with Crippen LogP contribution in [0.3, 0.4) is 0 Å². The first-order chi connectivity index (χ1) is 8.63. The van der Waals surface area contributed by atoms with Crippen LogP contribution in [-0.2, 0) is 0 Å². The van der Waals surface area contributed by atoms with E-state index in [1.165, 1.54) is 11.1 Å². The quantitative estimate of drug-likeness (QED) is 0.708. The Morgan fingerprint density at radius 1 is 1.11 bits per heavy atom. The van der Waals surface area contributed by atoms with Gasteiger partial charge >= 0.3 is 0 Å². The fourth-order valence-electron chi connectivity index (χ4n) is 1.83. The Labute approximate surface area is 104 Å². The molecule has 3 rings (SSSR count). The lowest BCUT2D eigenvalue weighted by atomic mass is 10.1. The zero-order chi connectivity index (χ0) is 12.7. The summed E-state index contributed by atoms with van der Waals surface area (Å²) in [5, 5.41) is 0. The monoisotopic (exact) mass is 239 g/mol. The van der Waals surface area contributed by atoms with Crippen LogP contribution in [0.2, 0.25) is 0 Å². The van der Waals surface area contributed by atoms with Crippen LogP contribution in [0.1, 0.15) is 11.1 Å². The van der Waals surface area contributed by atoms with Gasteiger partial charge in [0.15, 0.2) is 11.2 Å². The molecule has 0 aliphatic carbocycles. The van der Waals surface area contributed by atoms with Crippen molar-refractivity contribution in [2.24, 2.45) is 0 Å². The number of nitrogen functional groups attached to an aromatic ring is 1. The Kier molecular flexibility index (Phi) is 2.30. The first-order valence-corrected chi connectivity index (χ1v) is 5.73. The molecule has 0 unspecified atom stereocenters. The van der Waals surface area contributed by atoms with Crippen molar-refractivity contribution in [1.82, 2.24) is 9.97 Å². The second-order valence-electron chi connectivity index (χ2n) is 4.41. The van der Waals surface area contributed by atoms with Crippen LogP contribution in [0.4, 0.5) is 5.69 Å². The van der Waals surface area contributed by atoms with E-state index in [-0.39, 0.29) is 0 Å². The molecular formula is C14H13N3O. The molecule has 4 nitrogen and oxygen atoms in total. The molecular weight excluding hydrogens is 226 g/mol. The van der Waals surface area contributed by atoms with Crippen LogP contribution in [0.25, 0.3) is 22.7 Å². The fourth-order valence-corrected chi connectivity index (χ4v) is 1.83. The highest BCUT2D eigenvalue weighted by molar-refractivity contribution is 5.75. The molecule has 2 N–H and O–H groups in total. The third-order valence-corrected chi connectivity index (χ3v) is 3.02. The van der Waals surface area contributed by atoms with Crippen LogP contribution in [0.15, 0.2) is 34.9 Å². The normalized spacial score (nSPS) is 11.0. The number of aryl methyl sites for hydroxylation is 2. The van der Waals surface area contributed by atoms with E-state index in [0.717, 1.165) is 5.56 Å². The highest BCUT2D eigenvalue weighted by Crippen LogP contribution is 2.25. The Morgan fingerprint density at radius 2 is 1.94 bits per heavy atom. The van der Waals surface area contributed by atoms with Gasteiger partial charge in [0.25, 0.3) is 0 Å². The maximum atomic E-state index is 5.68. The van der Waals surface area contributed by atoms with Crippen molar-refractivity contribution in [2.45, 2.75) is 13.8 Å². The van der Waals surface area contributed by atoms with E-state index < -0.39 is 0 Å². The number of hydrogen-bond donors (Lipinski definition) is 1. The van der Waals surface area contributed by atoms with E-state index in [0.29, 0.717) is 22.8 Å². The van der Waals surface area contributed by atoms with Crippen LogP contribution >= 0.6 is 0 Å². The number of hydrogen-bond acceptors (Lipinski definition) is 4. The molecule has 90 valence electrons. The molecule has 2 aromatic heterocycles. The molecule has 0 saturated heterocycles. The lowest BCUT2D eigenvalue weighted by Crippen LogP contribution is -1.85. The smallest absolute Gasteiger partial charge is 0.228 e. The van der Waals surface area contributed by atoms with Crippen LogP contribution < -0.4 is 5.73 Å². The zero-order valence-electron chi connectivity index (χ0n) is 10.3. The molecule has 3 aromatic rings. The van der Waals surface area contributed by atoms with Crippen molar-refractivity contribution in [3.63, 3.8) is 0 Å². The van der Waals surface area contributed by atoms with E-state index in [1.807, 2.05) is 6.07 Å². The summed E-state index contributed by atoms with van der Waals surface area (Å²) in [7, 11) is 0. The summed E-state index contributed by atoms with van der Waals surface area (Å²) in [6, 6.07) is 7.85. The molecule has 0 atom stereocenters. The van der Waals surface area contributed by atoms with Crippen LogP contribution in [0.5, 0.6) is 0 Å². The average Bonchev–Trinajstić information content (AvgIpc) is 2.75. The summed E-state index contributed by atoms with van der Waals surface area (Å²) in [6.07, 6.45) is 1.58. The lowest BCUT2D eigenvalue weighted by Gasteiger charge is -2.00. The summed E-state index contributed by atoms with van der Waals surface area (Å²) in [6.45, 7) is 4.14. The number of pyridine rings is 1. The maximum absolute atomic E-state index is 5.68. The molecule has 0 aliphatic heterocycles. The van der Waals surface area contributed by atoms with Gasteiger partial charge in [-0.1, -0.05) is 6.07 Å². The fraction of sp³-hybridized carbons (Fsp3) is 0.143. The highest BCUT2D eigenvalue weighted by Gasteiger charge is 2.09.